The van der Waals surface area contributed by atoms with Crippen molar-refractivity contribution in [3.8, 4) is 0 Å². The van der Waals surface area contributed by atoms with E-state index in [9.17, 15) is 14.4 Å². The monoisotopic (exact) mass is 467 g/mol. The van der Waals surface area contributed by atoms with Crippen molar-refractivity contribution in [2.45, 2.75) is 26.4 Å². The number of aliphatic carboxylic acids is 1. The van der Waals surface area contributed by atoms with E-state index in [0.29, 0.717) is 19.7 Å². The summed E-state index contributed by atoms with van der Waals surface area (Å²) >= 11 is 0. The molecular weight excluding hydrogens is 430 g/mol. The molecule has 0 aliphatic rings. The molecule has 0 spiro atoms. The summed E-state index contributed by atoms with van der Waals surface area (Å²) < 4.78 is 25.8. The van der Waals surface area contributed by atoms with Crippen LogP contribution in [0.15, 0.2) is 0 Å². The van der Waals surface area contributed by atoms with Gasteiger partial charge in [0.05, 0.1) is 45.2 Å². The second kappa shape index (κ2) is 19.8. The highest BCUT2D eigenvalue weighted by Gasteiger charge is 2.09. The zero-order valence-corrected chi connectivity index (χ0v) is 19.1. The number of hydrogen-bond acceptors (Lipinski definition) is 10. The Morgan fingerprint density at radius 3 is 1.75 bits per heavy atom. The molecule has 0 atom stereocenters. The lowest BCUT2D eigenvalue weighted by molar-refractivity contribution is -0.142. The molecule has 13 heteroatoms. The minimum Gasteiger partial charge on any atom is -0.480 e. The molecule has 2 amide bonds. The second-order valence-electron chi connectivity index (χ2n) is 7.26. The van der Waals surface area contributed by atoms with E-state index in [1.165, 1.54) is 0 Å². The summed E-state index contributed by atoms with van der Waals surface area (Å²) in [5.41, 5.74) is 2.25. The predicted molar refractivity (Wildman–Crippen MR) is 112 cm³/mol. The van der Waals surface area contributed by atoms with Gasteiger partial charge in [0.2, 0.25) is 11.8 Å². The van der Waals surface area contributed by atoms with Gasteiger partial charge in [0.15, 0.2) is 0 Å². The van der Waals surface area contributed by atoms with Crippen LogP contribution in [0.4, 0.5) is 0 Å². The Morgan fingerprint density at radius 1 is 0.719 bits per heavy atom. The Bertz CT molecular complexity index is 514. The molecule has 0 aliphatic carbocycles. The maximum atomic E-state index is 11.5. The Hall–Kier alpha value is -1.87. The first-order valence-electron chi connectivity index (χ1n) is 10.3. The first-order valence-corrected chi connectivity index (χ1v) is 10.3. The molecule has 188 valence electrons. The minimum atomic E-state index is -1.04. The number of nitrogens with one attached hydrogen (secondary N) is 3. The van der Waals surface area contributed by atoms with Gasteiger partial charge in [0, 0.05) is 13.1 Å². The summed E-state index contributed by atoms with van der Waals surface area (Å²) in [7, 11) is 0. The zero-order valence-electron chi connectivity index (χ0n) is 19.1. The highest BCUT2D eigenvalue weighted by Crippen LogP contribution is 2.04. The average molecular weight is 468 g/mol. The van der Waals surface area contributed by atoms with Crippen molar-refractivity contribution < 1.29 is 48.0 Å². The molecular formula is C19H37N3O10. The van der Waals surface area contributed by atoms with Gasteiger partial charge in [-0.05, 0) is 20.8 Å². The van der Waals surface area contributed by atoms with Crippen molar-refractivity contribution in [2.24, 2.45) is 0 Å². The number of amides is 2. The smallest absolute Gasteiger partial charge is 0.329 e. The summed E-state index contributed by atoms with van der Waals surface area (Å²) in [5.74, 6) is -1.61. The fourth-order valence-electron chi connectivity index (χ4n) is 1.80. The second-order valence-corrected chi connectivity index (χ2v) is 7.26. The van der Waals surface area contributed by atoms with Gasteiger partial charge in [-0.1, -0.05) is 0 Å². The molecule has 0 aromatic heterocycles. The van der Waals surface area contributed by atoms with E-state index in [-0.39, 0.29) is 77.0 Å². The number of ether oxygens (including phenoxy) is 5. The fraction of sp³-hybridized carbons (Fsp3) is 0.842. The average Bonchev–Trinajstić information content (AvgIpc) is 2.70. The van der Waals surface area contributed by atoms with E-state index in [1.807, 2.05) is 20.8 Å². The van der Waals surface area contributed by atoms with Gasteiger partial charge in [-0.3, -0.25) is 14.4 Å². The predicted octanol–water partition coefficient (Wildman–Crippen LogP) is -1.34. The van der Waals surface area contributed by atoms with Crippen molar-refractivity contribution in [3.05, 3.63) is 0 Å². The van der Waals surface area contributed by atoms with Gasteiger partial charge in [-0.25, -0.2) is 4.79 Å². The largest absolute Gasteiger partial charge is 0.480 e. The molecule has 13 nitrogen and oxygen atoms in total. The van der Waals surface area contributed by atoms with E-state index in [4.69, 9.17) is 33.6 Å². The number of carboxylic acid groups (broad SMARTS) is 1. The van der Waals surface area contributed by atoms with Gasteiger partial charge >= 0.3 is 5.97 Å². The quantitative estimate of drug-likeness (QED) is 0.0898. The molecule has 0 radical (unpaired) electrons. The van der Waals surface area contributed by atoms with Crippen LogP contribution in [-0.4, -0.2) is 108 Å². The summed E-state index contributed by atoms with van der Waals surface area (Å²) in [5, 5.41) is 13.6. The molecule has 0 aromatic carbocycles. The Balaban J connectivity index is 3.32. The molecule has 0 fully saturated rings. The molecule has 0 saturated carbocycles. The van der Waals surface area contributed by atoms with Crippen molar-refractivity contribution in [1.82, 2.24) is 16.1 Å². The maximum absolute atomic E-state index is 11.5. The first kappa shape index (κ1) is 30.1. The van der Waals surface area contributed by atoms with Gasteiger partial charge in [-0.2, -0.15) is 5.48 Å². The van der Waals surface area contributed by atoms with Gasteiger partial charge < -0.3 is 39.4 Å². The highest BCUT2D eigenvalue weighted by atomic mass is 16.7. The van der Waals surface area contributed by atoms with Gasteiger partial charge in [0.25, 0.3) is 0 Å². The van der Waals surface area contributed by atoms with Crippen LogP contribution in [-0.2, 0) is 42.9 Å². The van der Waals surface area contributed by atoms with Crippen LogP contribution in [0.1, 0.15) is 20.8 Å². The lowest BCUT2D eigenvalue weighted by atomic mass is 10.2. The van der Waals surface area contributed by atoms with Crippen molar-refractivity contribution >= 4 is 17.8 Å². The van der Waals surface area contributed by atoms with Gasteiger partial charge in [0.1, 0.15) is 26.6 Å². The van der Waals surface area contributed by atoms with Crippen LogP contribution < -0.4 is 16.1 Å². The lowest BCUT2D eigenvalue weighted by Gasteiger charge is -2.19. The summed E-state index contributed by atoms with van der Waals surface area (Å²) in [6.07, 6.45) is 0. The van der Waals surface area contributed by atoms with Crippen LogP contribution in [0, 0.1) is 0 Å². The molecule has 0 rings (SSSR count). The first-order chi connectivity index (χ1) is 15.2. The summed E-state index contributed by atoms with van der Waals surface area (Å²) in [6, 6.07) is 0. The Labute approximate surface area is 188 Å². The van der Waals surface area contributed by atoms with E-state index in [2.05, 4.69) is 16.1 Å². The highest BCUT2D eigenvalue weighted by molar-refractivity contribution is 5.77. The maximum Gasteiger partial charge on any atom is 0.329 e. The summed E-state index contributed by atoms with van der Waals surface area (Å²) in [6.45, 7) is 7.43. The molecule has 0 heterocycles. The lowest BCUT2D eigenvalue weighted by Crippen LogP contribution is -2.34. The normalized spacial score (nSPS) is 11.3. The number of carboxylic acids is 1. The van der Waals surface area contributed by atoms with Crippen LogP contribution in [0.5, 0.6) is 0 Å². The summed E-state index contributed by atoms with van der Waals surface area (Å²) in [4.78, 5) is 38.3. The molecule has 4 N–H and O–H groups in total. The van der Waals surface area contributed by atoms with E-state index in [0.717, 1.165) is 0 Å². The van der Waals surface area contributed by atoms with Crippen molar-refractivity contribution in [1.29, 1.82) is 0 Å². The van der Waals surface area contributed by atoms with Crippen molar-refractivity contribution in [3.63, 3.8) is 0 Å². The SMILES string of the molecule is CC(C)(C)OCNOCC(=O)NCCOCCOCC(=O)NCCOCCOCC(=O)O. The standard InChI is InChI=1S/C19H37N3O10/c1-19(2,3)31-15-22-32-13-17(24)21-5-7-27-8-10-29-12-16(23)20-4-6-28-9-11-30-14-18(25)26/h22H,4-15H2,1-3H3,(H,20,23)(H,21,24)(H,25,26). The molecule has 32 heavy (non-hydrogen) atoms. The third-order valence-electron chi connectivity index (χ3n) is 3.21. The Morgan fingerprint density at radius 2 is 1.22 bits per heavy atom. The zero-order chi connectivity index (χ0) is 24.1. The van der Waals surface area contributed by atoms with E-state index >= 15 is 0 Å². The number of hydrogen-bond donors (Lipinski definition) is 4. The van der Waals surface area contributed by atoms with Crippen LogP contribution >= 0.6 is 0 Å². The van der Waals surface area contributed by atoms with Gasteiger partial charge in [-0.15, -0.1) is 0 Å². The number of carbonyl (C=O) groups excluding carboxylic acids is 2. The van der Waals surface area contributed by atoms with Crippen LogP contribution in [0.25, 0.3) is 0 Å². The molecule has 0 bridgehead atoms. The van der Waals surface area contributed by atoms with Crippen LogP contribution in [0.3, 0.4) is 0 Å². The third kappa shape index (κ3) is 24.4. The third-order valence-corrected chi connectivity index (χ3v) is 3.21. The molecule has 0 saturated heterocycles. The number of hydroxylamine groups is 1. The van der Waals surface area contributed by atoms with E-state index in [1.54, 1.807) is 0 Å². The molecule has 0 unspecified atom stereocenters. The fourth-order valence-corrected chi connectivity index (χ4v) is 1.80. The van der Waals surface area contributed by atoms with Crippen molar-refractivity contribution in [2.75, 3.05) is 79.3 Å². The topological polar surface area (TPSA) is 163 Å². The molecule has 0 aliphatic heterocycles. The number of carbonyl (C=O) groups is 3. The molecule has 0 aromatic rings. The number of rotatable bonds is 21. The minimum absolute atomic E-state index is 0.106. The van der Waals surface area contributed by atoms with Crippen LogP contribution in [0.2, 0.25) is 0 Å². The Kier molecular flexibility index (Phi) is 18.6. The van der Waals surface area contributed by atoms with E-state index < -0.39 is 5.97 Å².